The second kappa shape index (κ2) is 15.0. The number of rotatable bonds is 5. The van der Waals surface area contributed by atoms with Crippen molar-refractivity contribution in [1.82, 2.24) is 14.5 Å². The smallest absolute Gasteiger partial charge is 0.286 e. The number of benzene rings is 2. The minimum Gasteiger partial charge on any atom is -0.490 e. The Kier molecular flexibility index (Phi) is 10.6. The highest BCUT2D eigenvalue weighted by molar-refractivity contribution is 7.92. The predicted molar refractivity (Wildman–Crippen MR) is 208 cm³/mol. The highest BCUT2D eigenvalue weighted by Crippen LogP contribution is 2.47. The summed E-state index contributed by atoms with van der Waals surface area (Å²) in [5, 5.41) is 4.89. The molecule has 2 bridgehead atoms. The number of nitrogens with zero attached hydrogens (tertiary/aromatic N) is 4. The van der Waals surface area contributed by atoms with Crippen LogP contribution in [0.15, 0.2) is 59.1 Å². The van der Waals surface area contributed by atoms with Gasteiger partial charge in [0.15, 0.2) is 0 Å². The Morgan fingerprint density at radius 1 is 1.15 bits per heavy atom. The van der Waals surface area contributed by atoms with Gasteiger partial charge in [-0.15, -0.1) is 9.46 Å². The third-order valence-electron chi connectivity index (χ3n) is 12.1. The van der Waals surface area contributed by atoms with Crippen molar-refractivity contribution in [3.05, 3.63) is 82.0 Å². The highest BCUT2D eigenvalue weighted by atomic mass is 35.5. The van der Waals surface area contributed by atoms with Gasteiger partial charge in [0.25, 0.3) is 11.8 Å². The predicted octanol–water partition coefficient (Wildman–Crippen LogP) is 6.16. The summed E-state index contributed by atoms with van der Waals surface area (Å²) < 4.78 is 47.4. The molecule has 1 unspecified atom stereocenters. The van der Waals surface area contributed by atoms with Gasteiger partial charge in [0.05, 0.1) is 36.9 Å². The third-order valence-corrected chi connectivity index (χ3v) is 14.3. The van der Waals surface area contributed by atoms with Gasteiger partial charge in [-0.05, 0) is 92.3 Å². The summed E-state index contributed by atoms with van der Waals surface area (Å²) in [5.41, 5.74) is 2.35. The van der Waals surface area contributed by atoms with E-state index in [9.17, 15) is 13.8 Å². The summed E-state index contributed by atoms with van der Waals surface area (Å²) in [4.78, 5) is 30.3. The normalized spacial score (nSPS) is 31.5. The maximum atomic E-state index is 14.9. The number of ether oxygens (including phenoxy) is 4. The molecule has 3 aromatic rings. The second-order valence-corrected chi connectivity index (χ2v) is 17.9. The van der Waals surface area contributed by atoms with Crippen LogP contribution in [-0.2, 0) is 38.3 Å². The molecule has 1 aromatic heterocycles. The lowest BCUT2D eigenvalue weighted by Gasteiger charge is -2.46. The molecule has 7 atom stereocenters. The molecule has 12 nitrogen and oxygen atoms in total. The Bertz CT molecular complexity index is 2100. The third kappa shape index (κ3) is 7.27. The van der Waals surface area contributed by atoms with Crippen molar-refractivity contribution in [3.8, 4) is 11.6 Å². The molecule has 1 fully saturated rings. The van der Waals surface area contributed by atoms with E-state index in [-0.39, 0.29) is 40.2 Å². The van der Waals surface area contributed by atoms with Crippen LogP contribution in [0, 0.1) is 17.8 Å². The molecule has 14 heteroatoms. The van der Waals surface area contributed by atoms with Crippen molar-refractivity contribution in [2.24, 2.45) is 29.2 Å². The summed E-state index contributed by atoms with van der Waals surface area (Å²) in [6, 6.07) is 11.5. The van der Waals surface area contributed by atoms with Crippen LogP contribution in [0.4, 0.5) is 5.69 Å². The fourth-order valence-corrected chi connectivity index (χ4v) is 10.8. The lowest BCUT2D eigenvalue weighted by molar-refractivity contribution is -0.0000283. The topological polar surface area (TPSA) is 134 Å². The van der Waals surface area contributed by atoms with E-state index in [0.29, 0.717) is 24.8 Å². The summed E-state index contributed by atoms with van der Waals surface area (Å²) in [6.07, 6.45) is 10.2. The minimum atomic E-state index is -3.75. The molecule has 1 spiro atoms. The molecule has 1 N–H and O–H groups in total. The van der Waals surface area contributed by atoms with E-state index in [4.69, 9.17) is 30.5 Å². The monoisotopic (exact) mass is 779 g/mol. The van der Waals surface area contributed by atoms with Gasteiger partial charge in [0, 0.05) is 62.5 Å². The fraction of sp³-hybridized carbons (Fsp3) is 0.525. The maximum Gasteiger partial charge on any atom is 0.286 e. The first-order valence-electron chi connectivity index (χ1n) is 18.6. The Morgan fingerprint density at radius 2 is 1.96 bits per heavy atom. The zero-order valence-electron chi connectivity index (χ0n) is 31.8. The van der Waals surface area contributed by atoms with E-state index in [1.807, 2.05) is 38.1 Å². The van der Waals surface area contributed by atoms with E-state index < -0.39 is 33.2 Å². The van der Waals surface area contributed by atoms with Gasteiger partial charge < -0.3 is 23.8 Å². The number of hydrogen-bond acceptors (Lipinski definition) is 9. The van der Waals surface area contributed by atoms with E-state index in [2.05, 4.69) is 31.2 Å². The number of carbonyl (C=O) groups excluding carboxylic acids is 2. The average Bonchev–Trinajstić information content (AvgIpc) is 3.46. The number of methoxy groups -OCH3 is 3. The van der Waals surface area contributed by atoms with Gasteiger partial charge in [-0.25, -0.2) is 4.21 Å². The van der Waals surface area contributed by atoms with Gasteiger partial charge in [0.1, 0.15) is 21.2 Å². The number of amides is 2. The van der Waals surface area contributed by atoms with Crippen LogP contribution < -0.4 is 19.1 Å². The maximum absolute atomic E-state index is 14.9. The van der Waals surface area contributed by atoms with Gasteiger partial charge in [-0.2, -0.15) is 0 Å². The molecule has 2 amide bonds. The number of aryl methyl sites for hydroxylation is 2. The Balaban J connectivity index is 1.34. The molecule has 2 aromatic carbocycles. The zero-order valence-corrected chi connectivity index (χ0v) is 33.4. The summed E-state index contributed by atoms with van der Waals surface area (Å²) in [6.45, 7) is 5.65. The zero-order chi connectivity index (χ0) is 38.4. The molecule has 2 aliphatic carbocycles. The number of aromatic nitrogens is 2. The quantitative estimate of drug-likeness (QED) is 0.303. The SMILES string of the molecule is COc1nn(C)cc1C(=O)NS1(=O)=NC(=O)c2ccc3c(c2)N(C[C@@H]2CC[C@H]2[C@@H](OC)/C=C/[C@](C)(OC)[C@H](C)C1)C[C@@]1(CCCc2cc(Cl)ccc21)CO3. The number of halogens is 1. The highest BCUT2D eigenvalue weighted by Gasteiger charge is 2.45. The molecule has 54 heavy (non-hydrogen) atoms. The first kappa shape index (κ1) is 38.4. The van der Waals surface area contributed by atoms with Crippen LogP contribution in [0.1, 0.15) is 71.4 Å². The van der Waals surface area contributed by atoms with E-state index in [0.717, 1.165) is 49.4 Å². The summed E-state index contributed by atoms with van der Waals surface area (Å²) in [7, 11) is 2.61. The number of carbonyl (C=O) groups is 2. The summed E-state index contributed by atoms with van der Waals surface area (Å²) >= 11 is 6.47. The van der Waals surface area contributed by atoms with Gasteiger partial charge in [0.2, 0.25) is 5.88 Å². The lowest BCUT2D eigenvalue weighted by Crippen LogP contribution is -2.49. The molecule has 7 rings (SSSR count). The molecular weight excluding hydrogens is 730 g/mol. The van der Waals surface area contributed by atoms with Crippen LogP contribution in [-0.4, -0.2) is 84.3 Å². The largest absolute Gasteiger partial charge is 0.490 e. The van der Waals surface area contributed by atoms with Crippen molar-refractivity contribution in [2.45, 2.75) is 63.1 Å². The Hall–Kier alpha value is -3.91. The van der Waals surface area contributed by atoms with Crippen LogP contribution >= 0.6 is 11.6 Å². The molecule has 0 radical (unpaired) electrons. The Labute approximate surface area is 322 Å². The van der Waals surface area contributed by atoms with Crippen molar-refractivity contribution in [1.29, 1.82) is 0 Å². The minimum absolute atomic E-state index is 0.0578. The fourth-order valence-electron chi connectivity index (χ4n) is 8.67. The Morgan fingerprint density at radius 3 is 2.69 bits per heavy atom. The second-order valence-electron chi connectivity index (χ2n) is 15.5. The lowest BCUT2D eigenvalue weighted by atomic mass is 9.68. The molecular formula is C40H50ClN5O7S. The number of anilines is 1. The molecule has 1 saturated carbocycles. The molecule has 2 aliphatic heterocycles. The van der Waals surface area contributed by atoms with Crippen molar-refractivity contribution >= 4 is 39.0 Å². The average molecular weight is 780 g/mol. The molecule has 3 heterocycles. The van der Waals surface area contributed by atoms with E-state index >= 15 is 0 Å². The van der Waals surface area contributed by atoms with Crippen molar-refractivity contribution < 1.29 is 32.7 Å². The number of fused-ring (bicyclic) bond motifs is 4. The number of nitrogens with one attached hydrogen (secondary N) is 1. The number of hydrogen-bond donors (Lipinski definition) is 1. The first-order chi connectivity index (χ1) is 25.8. The molecule has 290 valence electrons. The standard InChI is InChI=1S/C40H50ClN5O7S/c1-25-22-54(49,44-37(48)31-21-45(3)42-38(31)51-5)43-36(47)27-10-14-35-33(19-27)46(20-28-9-12-30(28)34(50-4)15-17-39(25,2)52-6)23-40(24-53-35)16-7-8-26-18-29(41)11-13-32(26)40/h10-11,13-15,17-19,21,25,28,30,34H,7-9,12,16,20,22-24H2,1-6H3,(H,43,44,47,48,49)/b17-15+/t25-,28+,30-,34+,39+,40+,54?/m1/s1. The van der Waals surface area contributed by atoms with E-state index in [1.54, 1.807) is 33.4 Å². The molecule has 4 aliphatic rings. The van der Waals surface area contributed by atoms with Crippen LogP contribution in [0.2, 0.25) is 5.02 Å². The summed E-state index contributed by atoms with van der Waals surface area (Å²) in [5.74, 6) is -0.803. The van der Waals surface area contributed by atoms with Crippen LogP contribution in [0.3, 0.4) is 0 Å². The first-order valence-corrected chi connectivity index (χ1v) is 20.6. The van der Waals surface area contributed by atoms with Gasteiger partial charge in [-0.3, -0.25) is 19.0 Å². The molecule has 0 saturated heterocycles. The van der Waals surface area contributed by atoms with Crippen molar-refractivity contribution in [3.63, 3.8) is 0 Å². The van der Waals surface area contributed by atoms with Crippen LogP contribution in [0.5, 0.6) is 11.6 Å². The van der Waals surface area contributed by atoms with Crippen LogP contribution in [0.25, 0.3) is 0 Å². The van der Waals surface area contributed by atoms with Gasteiger partial charge in [-0.1, -0.05) is 36.7 Å². The van der Waals surface area contributed by atoms with Gasteiger partial charge >= 0.3 is 0 Å². The van der Waals surface area contributed by atoms with E-state index in [1.165, 1.54) is 29.1 Å². The van der Waals surface area contributed by atoms with Crippen molar-refractivity contribution in [2.75, 3.05) is 51.7 Å².